The molecule has 7 heteroatoms. The lowest BCUT2D eigenvalue weighted by atomic mass is 9.97. The Labute approximate surface area is 202 Å². The lowest BCUT2D eigenvalue weighted by Gasteiger charge is -2.35. The van der Waals surface area contributed by atoms with Gasteiger partial charge in [-0.15, -0.1) is 0 Å². The van der Waals surface area contributed by atoms with E-state index < -0.39 is 0 Å². The van der Waals surface area contributed by atoms with Gasteiger partial charge in [0.2, 0.25) is 0 Å². The summed E-state index contributed by atoms with van der Waals surface area (Å²) in [6.45, 7) is 10.8. The summed E-state index contributed by atoms with van der Waals surface area (Å²) >= 11 is 0. The van der Waals surface area contributed by atoms with Gasteiger partial charge in [0.1, 0.15) is 0 Å². The zero-order valence-corrected chi connectivity index (χ0v) is 20.9. The van der Waals surface area contributed by atoms with E-state index >= 15 is 0 Å². The first-order valence-corrected chi connectivity index (χ1v) is 12.1. The minimum absolute atomic E-state index is 0.111. The van der Waals surface area contributed by atoms with E-state index in [4.69, 9.17) is 0 Å². The molecular weight excluding hydrogens is 424 g/mol. The fraction of sp³-hybridized carbons (Fsp3) is 0.444. The van der Waals surface area contributed by atoms with Gasteiger partial charge in [0.15, 0.2) is 0 Å². The molecule has 1 aromatic carbocycles. The quantitative estimate of drug-likeness (QED) is 0.579. The Morgan fingerprint density at radius 2 is 2.03 bits per heavy atom. The number of carbonyl (C=O) groups excluding carboxylic acids is 1. The number of benzene rings is 1. The lowest BCUT2D eigenvalue weighted by Crippen LogP contribution is -2.44. The highest BCUT2D eigenvalue weighted by molar-refractivity contribution is 5.93. The largest absolute Gasteiger partial charge is 0.368 e. The number of pyridine rings is 1. The van der Waals surface area contributed by atoms with E-state index in [2.05, 4.69) is 77.6 Å². The van der Waals surface area contributed by atoms with E-state index in [9.17, 15) is 4.79 Å². The van der Waals surface area contributed by atoms with Gasteiger partial charge in [-0.25, -0.2) is 0 Å². The third-order valence-corrected chi connectivity index (χ3v) is 6.60. The summed E-state index contributed by atoms with van der Waals surface area (Å²) in [6.07, 6.45) is 9.65. The Morgan fingerprint density at radius 1 is 1.21 bits per heavy atom. The van der Waals surface area contributed by atoms with Gasteiger partial charge in [0.25, 0.3) is 5.91 Å². The maximum Gasteiger partial charge on any atom is 0.254 e. The van der Waals surface area contributed by atoms with Gasteiger partial charge in [-0.2, -0.15) is 5.10 Å². The Balaban J connectivity index is 1.48. The van der Waals surface area contributed by atoms with E-state index in [0.29, 0.717) is 18.2 Å². The summed E-state index contributed by atoms with van der Waals surface area (Å²) in [5.74, 6) is -0.111. The molecule has 0 bridgehead atoms. The van der Waals surface area contributed by atoms with Crippen LogP contribution in [0.2, 0.25) is 0 Å². The molecule has 1 fully saturated rings. The predicted molar refractivity (Wildman–Crippen MR) is 137 cm³/mol. The average molecular weight is 461 g/mol. The maximum absolute atomic E-state index is 12.6. The highest BCUT2D eigenvalue weighted by atomic mass is 16.1. The topological polar surface area (TPSA) is 75.1 Å². The van der Waals surface area contributed by atoms with Crippen LogP contribution in [0.4, 0.5) is 5.69 Å². The number of hydrogen-bond acceptors (Lipinski definition) is 5. The van der Waals surface area contributed by atoms with Crippen LogP contribution < -0.4 is 15.5 Å². The van der Waals surface area contributed by atoms with Crippen LogP contribution >= 0.6 is 0 Å². The van der Waals surface area contributed by atoms with Crippen molar-refractivity contribution in [1.82, 2.24) is 25.4 Å². The first kappa shape index (κ1) is 24.0. The van der Waals surface area contributed by atoms with Crippen LogP contribution in [-0.4, -0.2) is 46.9 Å². The highest BCUT2D eigenvalue weighted by Crippen LogP contribution is 2.32. The molecule has 1 aliphatic rings. The minimum Gasteiger partial charge on any atom is -0.368 e. The maximum atomic E-state index is 12.6. The van der Waals surface area contributed by atoms with Gasteiger partial charge >= 0.3 is 0 Å². The molecule has 34 heavy (non-hydrogen) atoms. The molecule has 0 saturated carbocycles. The van der Waals surface area contributed by atoms with Crippen molar-refractivity contribution in [2.45, 2.75) is 58.7 Å². The molecule has 3 aromatic rings. The number of amides is 1. The standard InChI is InChI=1S/C27H36N6O/c1-19-13-20(24-10-11-29-16-25(24)32-12-6-7-23(18-32)28-5)8-9-21(19)14-30-26(34)22-15-31-33(17-22)27(2,3)4/h8-11,13,15-17,23,28H,6-7,12,14,18H2,1-5H3,(H,30,34). The molecule has 1 amide bonds. The molecule has 1 saturated heterocycles. The molecule has 4 rings (SSSR count). The van der Waals surface area contributed by atoms with Gasteiger partial charge in [0.05, 0.1) is 29.2 Å². The van der Waals surface area contributed by atoms with Crippen molar-refractivity contribution in [1.29, 1.82) is 0 Å². The molecule has 0 radical (unpaired) electrons. The van der Waals surface area contributed by atoms with E-state index in [1.807, 2.05) is 24.1 Å². The molecule has 1 aliphatic heterocycles. The number of piperidine rings is 1. The van der Waals surface area contributed by atoms with E-state index in [0.717, 1.165) is 24.2 Å². The number of likely N-dealkylation sites (N-methyl/N-ethyl adjacent to an activating group) is 1. The Bertz CT molecular complexity index is 1150. The van der Waals surface area contributed by atoms with Gasteiger partial charge in [-0.1, -0.05) is 18.2 Å². The molecule has 0 spiro atoms. The first-order chi connectivity index (χ1) is 16.3. The number of rotatable bonds is 6. The second-order valence-electron chi connectivity index (χ2n) is 10.1. The molecule has 2 N–H and O–H groups in total. The van der Waals surface area contributed by atoms with Crippen molar-refractivity contribution >= 4 is 11.6 Å². The van der Waals surface area contributed by atoms with Crippen molar-refractivity contribution in [2.24, 2.45) is 0 Å². The highest BCUT2D eigenvalue weighted by Gasteiger charge is 2.21. The number of nitrogens with one attached hydrogen (secondary N) is 2. The van der Waals surface area contributed by atoms with Gasteiger partial charge < -0.3 is 15.5 Å². The van der Waals surface area contributed by atoms with Crippen LogP contribution in [-0.2, 0) is 12.1 Å². The van der Waals surface area contributed by atoms with Crippen LogP contribution in [0.5, 0.6) is 0 Å². The molecular formula is C27H36N6O. The summed E-state index contributed by atoms with van der Waals surface area (Å²) in [7, 11) is 2.04. The second-order valence-corrected chi connectivity index (χ2v) is 10.1. The molecule has 180 valence electrons. The van der Waals surface area contributed by atoms with Crippen molar-refractivity contribution < 1.29 is 4.79 Å². The van der Waals surface area contributed by atoms with Crippen LogP contribution in [0, 0.1) is 6.92 Å². The second kappa shape index (κ2) is 9.97. The molecule has 0 aliphatic carbocycles. The zero-order valence-electron chi connectivity index (χ0n) is 20.9. The van der Waals surface area contributed by atoms with E-state index in [1.165, 1.54) is 29.7 Å². The van der Waals surface area contributed by atoms with Crippen molar-refractivity contribution in [2.75, 3.05) is 25.0 Å². The first-order valence-electron chi connectivity index (χ1n) is 12.1. The summed E-state index contributed by atoms with van der Waals surface area (Å²) in [6, 6.07) is 9.06. The molecule has 1 atom stereocenters. The van der Waals surface area contributed by atoms with Crippen LogP contribution in [0.25, 0.3) is 11.1 Å². The van der Waals surface area contributed by atoms with Gasteiger partial charge in [-0.05, 0) is 70.3 Å². The fourth-order valence-electron chi connectivity index (χ4n) is 4.46. The van der Waals surface area contributed by atoms with Crippen molar-refractivity contribution in [3.05, 3.63) is 65.7 Å². The summed E-state index contributed by atoms with van der Waals surface area (Å²) in [5, 5.41) is 10.8. The molecule has 7 nitrogen and oxygen atoms in total. The van der Waals surface area contributed by atoms with Gasteiger partial charge in [-0.3, -0.25) is 14.5 Å². The SMILES string of the molecule is CNC1CCCN(c2cnccc2-c2ccc(CNC(=O)c3cnn(C(C)(C)C)c3)c(C)c2)C1. The Kier molecular flexibility index (Phi) is 7.03. The summed E-state index contributed by atoms with van der Waals surface area (Å²) in [4.78, 5) is 19.5. The number of aromatic nitrogens is 3. The number of anilines is 1. The monoisotopic (exact) mass is 460 g/mol. The van der Waals surface area contributed by atoms with E-state index in [1.54, 1.807) is 12.4 Å². The third kappa shape index (κ3) is 5.30. The molecule has 3 heterocycles. The van der Waals surface area contributed by atoms with Crippen molar-refractivity contribution in [3.63, 3.8) is 0 Å². The number of hydrogen-bond donors (Lipinski definition) is 2. The normalized spacial score (nSPS) is 16.5. The fourth-order valence-corrected chi connectivity index (χ4v) is 4.46. The van der Waals surface area contributed by atoms with Crippen LogP contribution in [0.3, 0.4) is 0 Å². The predicted octanol–water partition coefficient (Wildman–Crippen LogP) is 4.13. The van der Waals surface area contributed by atoms with Crippen molar-refractivity contribution in [3.8, 4) is 11.1 Å². The molecule has 1 unspecified atom stereocenters. The summed E-state index contributed by atoms with van der Waals surface area (Å²) < 4.78 is 1.81. The molecule has 2 aromatic heterocycles. The lowest BCUT2D eigenvalue weighted by molar-refractivity contribution is 0.0950. The van der Waals surface area contributed by atoms with Crippen LogP contribution in [0.15, 0.2) is 49.1 Å². The average Bonchev–Trinajstić information content (AvgIpc) is 3.34. The smallest absolute Gasteiger partial charge is 0.254 e. The minimum atomic E-state index is -0.154. The summed E-state index contributed by atoms with van der Waals surface area (Å²) in [5.41, 5.74) is 6.22. The number of nitrogens with zero attached hydrogens (tertiary/aromatic N) is 4. The Hall–Kier alpha value is -3.19. The van der Waals surface area contributed by atoms with Crippen LogP contribution in [0.1, 0.15) is 55.1 Å². The van der Waals surface area contributed by atoms with E-state index in [-0.39, 0.29) is 11.4 Å². The Morgan fingerprint density at radius 3 is 2.74 bits per heavy atom. The number of aryl methyl sites for hydroxylation is 1. The van der Waals surface area contributed by atoms with Gasteiger partial charge in [0, 0.05) is 43.6 Å². The third-order valence-electron chi connectivity index (χ3n) is 6.60. The zero-order chi connectivity index (χ0) is 24.3. The number of carbonyl (C=O) groups is 1.